The molecule has 0 amide bonds. The molecule has 7 heteroatoms. The maximum atomic E-state index is 11.3. The van der Waals surface area contributed by atoms with Gasteiger partial charge in [-0.2, -0.15) is 8.42 Å². The summed E-state index contributed by atoms with van der Waals surface area (Å²) < 4.78 is 35.3. The van der Waals surface area contributed by atoms with Crippen LogP contribution in [0.25, 0.3) is 0 Å². The molecule has 0 fully saturated rings. The van der Waals surface area contributed by atoms with Crippen LogP contribution in [0.4, 0.5) is 0 Å². The van der Waals surface area contributed by atoms with Crippen molar-refractivity contribution in [3.63, 3.8) is 0 Å². The molecule has 0 spiro atoms. The fraction of sp³-hybridized carbons (Fsp3) is 0.222. The van der Waals surface area contributed by atoms with Crippen molar-refractivity contribution >= 4 is 16.1 Å². The van der Waals surface area contributed by atoms with Gasteiger partial charge in [0.2, 0.25) is 0 Å². The molecule has 0 atom stereocenters. The second-order valence-electron chi connectivity index (χ2n) is 2.69. The fourth-order valence-corrected chi connectivity index (χ4v) is 1.75. The van der Waals surface area contributed by atoms with Gasteiger partial charge in [-0.25, -0.2) is 4.79 Å². The van der Waals surface area contributed by atoms with Crippen molar-refractivity contribution < 1.29 is 42.8 Å². The van der Waals surface area contributed by atoms with E-state index in [2.05, 4.69) is 4.74 Å². The zero-order valence-corrected chi connectivity index (χ0v) is 9.82. The third-order valence-electron chi connectivity index (χ3n) is 1.66. The van der Waals surface area contributed by atoms with Crippen LogP contribution < -0.4 is 18.9 Å². The van der Waals surface area contributed by atoms with Crippen LogP contribution in [-0.2, 0) is 14.9 Å². The van der Waals surface area contributed by atoms with Gasteiger partial charge in [0.15, 0.2) is 0 Å². The molecule has 0 aliphatic heterocycles. The van der Waals surface area contributed by atoms with E-state index < -0.39 is 21.0 Å². The van der Waals surface area contributed by atoms with Gasteiger partial charge in [0.05, 0.1) is 12.2 Å². The Balaban J connectivity index is 0. The van der Waals surface area contributed by atoms with Gasteiger partial charge >= 0.3 is 24.8 Å². The van der Waals surface area contributed by atoms with Gasteiger partial charge in [-0.3, -0.25) is 4.55 Å². The molecule has 1 aromatic rings. The molecule has 0 heterocycles. The molecule has 1 rings (SSSR count). The Morgan fingerprint density at radius 3 is 2.50 bits per heavy atom. The van der Waals surface area contributed by atoms with E-state index in [1.807, 2.05) is 0 Å². The minimum Gasteiger partial charge on any atom is -1.00 e. The van der Waals surface area contributed by atoms with Crippen LogP contribution in [0, 0.1) is 0 Å². The summed E-state index contributed by atoms with van der Waals surface area (Å²) in [6.45, 7) is 1.74. The number of esters is 1. The minimum absolute atomic E-state index is 0. The van der Waals surface area contributed by atoms with E-state index in [1.54, 1.807) is 6.92 Å². The number of rotatable bonds is 3. The first kappa shape index (κ1) is 15.2. The van der Waals surface area contributed by atoms with Gasteiger partial charge in [-0.05, 0) is 19.1 Å². The zero-order chi connectivity index (χ0) is 11.5. The molecule has 1 aromatic carbocycles. The number of carbonyl (C=O) groups is 1. The van der Waals surface area contributed by atoms with Crippen molar-refractivity contribution in [2.45, 2.75) is 11.8 Å². The van der Waals surface area contributed by atoms with Crippen molar-refractivity contribution in [1.82, 2.24) is 0 Å². The maximum Gasteiger partial charge on any atom is 1.00 e. The van der Waals surface area contributed by atoms with Gasteiger partial charge in [-0.1, -0.05) is 12.1 Å². The van der Waals surface area contributed by atoms with E-state index in [0.717, 1.165) is 6.07 Å². The predicted octanol–water partition coefficient (Wildman–Crippen LogP) is -1.77. The summed E-state index contributed by atoms with van der Waals surface area (Å²) >= 11 is 0. The molecular formula is C9H11LiO5S. The molecule has 0 aliphatic carbocycles. The molecule has 5 nitrogen and oxygen atoms in total. The maximum absolute atomic E-state index is 11.3. The molecule has 0 bridgehead atoms. The van der Waals surface area contributed by atoms with Crippen LogP contribution in [0.1, 0.15) is 18.7 Å². The third-order valence-corrected chi connectivity index (χ3v) is 2.57. The summed E-state index contributed by atoms with van der Waals surface area (Å²) in [5.41, 5.74) is -0.165. The summed E-state index contributed by atoms with van der Waals surface area (Å²) in [4.78, 5) is 10.9. The number of carbonyl (C=O) groups excluding carboxylic acids is 1. The molecular weight excluding hydrogens is 227 g/mol. The standard InChI is InChI=1S/C9H10O5S.Li.H/c1-2-14-9(10)7-5-3-4-6-8(7)15(11,12)13;;/h3-6H,2H2,1H3,(H,11,12,13);;/q;+1;-1. The van der Waals surface area contributed by atoms with E-state index in [9.17, 15) is 13.2 Å². The van der Waals surface area contributed by atoms with Gasteiger partial charge in [0.25, 0.3) is 10.1 Å². The molecule has 0 aromatic heterocycles. The monoisotopic (exact) mass is 238 g/mol. The number of hydrogen-bond acceptors (Lipinski definition) is 4. The largest absolute Gasteiger partial charge is 1.00 e. The summed E-state index contributed by atoms with van der Waals surface area (Å²) in [7, 11) is -4.40. The van der Waals surface area contributed by atoms with Crippen molar-refractivity contribution in [1.29, 1.82) is 0 Å². The average molecular weight is 238 g/mol. The summed E-state index contributed by atoms with van der Waals surface area (Å²) in [5, 5.41) is 0. The quantitative estimate of drug-likeness (QED) is 0.383. The summed E-state index contributed by atoms with van der Waals surface area (Å²) in [5.74, 6) is -0.772. The molecule has 0 saturated heterocycles. The van der Waals surface area contributed by atoms with E-state index in [-0.39, 0.29) is 32.5 Å². The molecule has 84 valence electrons. The van der Waals surface area contributed by atoms with E-state index in [4.69, 9.17) is 4.55 Å². The van der Waals surface area contributed by atoms with E-state index in [0.29, 0.717) is 0 Å². The van der Waals surface area contributed by atoms with Crippen molar-refractivity contribution in [3.8, 4) is 0 Å². The first-order valence-corrected chi connectivity index (χ1v) is 5.64. The van der Waals surface area contributed by atoms with E-state index in [1.165, 1.54) is 18.2 Å². The Morgan fingerprint density at radius 2 is 2.00 bits per heavy atom. The molecule has 0 aliphatic rings. The van der Waals surface area contributed by atoms with E-state index >= 15 is 0 Å². The number of benzene rings is 1. The Kier molecular flexibility index (Phi) is 5.76. The Morgan fingerprint density at radius 1 is 1.44 bits per heavy atom. The Labute approximate surface area is 107 Å². The Hall–Kier alpha value is -0.803. The molecule has 0 saturated carbocycles. The summed E-state index contributed by atoms with van der Waals surface area (Å²) in [6, 6.07) is 5.31. The van der Waals surface area contributed by atoms with Crippen LogP contribution >= 0.6 is 0 Å². The van der Waals surface area contributed by atoms with Crippen LogP contribution in [0.5, 0.6) is 0 Å². The van der Waals surface area contributed by atoms with Crippen LogP contribution in [0.15, 0.2) is 29.2 Å². The Bertz CT molecular complexity index is 474. The zero-order valence-electron chi connectivity index (χ0n) is 10.0. The second-order valence-corrected chi connectivity index (χ2v) is 4.08. The summed E-state index contributed by atoms with van der Waals surface area (Å²) in [6.07, 6.45) is 0. The smallest absolute Gasteiger partial charge is 1.00 e. The third kappa shape index (κ3) is 3.65. The van der Waals surface area contributed by atoms with Crippen molar-refractivity contribution in [3.05, 3.63) is 29.8 Å². The van der Waals surface area contributed by atoms with Gasteiger partial charge < -0.3 is 6.16 Å². The van der Waals surface area contributed by atoms with Gasteiger partial charge in [-0.15, -0.1) is 0 Å². The SMILES string of the molecule is CCOC(=O)c1ccccc1S(=O)(=O)O.[H-].[Li+]. The average Bonchev–Trinajstić information content (AvgIpc) is 2.17. The van der Waals surface area contributed by atoms with Crippen molar-refractivity contribution in [2.75, 3.05) is 6.61 Å². The number of hydrogen-bond donors (Lipinski definition) is 1. The number of ether oxygens (including phenoxy) is 1. The van der Waals surface area contributed by atoms with Crippen LogP contribution in [0.2, 0.25) is 0 Å². The minimum atomic E-state index is -4.40. The normalized spacial score (nSPS) is 10.4. The van der Waals surface area contributed by atoms with Gasteiger partial charge in [0.1, 0.15) is 4.90 Å². The molecule has 1 N–H and O–H groups in total. The van der Waals surface area contributed by atoms with Crippen molar-refractivity contribution in [2.24, 2.45) is 0 Å². The molecule has 0 radical (unpaired) electrons. The fourth-order valence-electron chi connectivity index (χ4n) is 1.07. The predicted molar refractivity (Wildman–Crippen MR) is 53.3 cm³/mol. The van der Waals surface area contributed by atoms with Crippen LogP contribution in [-0.4, -0.2) is 25.5 Å². The van der Waals surface area contributed by atoms with Gasteiger partial charge in [0, 0.05) is 0 Å². The topological polar surface area (TPSA) is 80.7 Å². The molecule has 0 unspecified atom stereocenters. The molecule has 16 heavy (non-hydrogen) atoms. The first-order valence-electron chi connectivity index (χ1n) is 4.20. The van der Waals surface area contributed by atoms with Crippen LogP contribution in [0.3, 0.4) is 0 Å². The first-order chi connectivity index (χ1) is 6.96. The second kappa shape index (κ2) is 6.06.